The molecule has 1 unspecified atom stereocenters. The molecule has 0 bridgehead atoms. The van der Waals surface area contributed by atoms with Crippen LogP contribution in [0.4, 0.5) is 16.2 Å². The lowest BCUT2D eigenvalue weighted by Gasteiger charge is -2.15. The van der Waals surface area contributed by atoms with Crippen molar-refractivity contribution in [1.29, 1.82) is 0 Å². The van der Waals surface area contributed by atoms with Crippen molar-refractivity contribution in [2.75, 3.05) is 18.4 Å². The molecule has 194 valence electrons. The number of likely N-dealkylation sites (tertiary alicyclic amines) is 1. The number of carbonyl (C=O) groups excluding carboxylic acids is 1. The van der Waals surface area contributed by atoms with Crippen molar-refractivity contribution in [1.82, 2.24) is 24.3 Å². The van der Waals surface area contributed by atoms with Gasteiger partial charge in [-0.1, -0.05) is 6.07 Å². The molecule has 0 aliphatic carbocycles. The van der Waals surface area contributed by atoms with E-state index in [-0.39, 0.29) is 17.3 Å². The number of fused-ring (bicyclic) bond motifs is 2. The number of rotatable bonds is 6. The molecular formula is C26H24N6O5S. The lowest BCUT2D eigenvalue weighted by atomic mass is 10.0. The standard InChI is InChI=1S/C26H24N6O5S/c33-25-21-6-1-16(13-17(21)14-28-25)23-8-7-22(24-27-10-12-32(23)24)29-18-2-4-20(5-3-18)38(36,37)30-19-9-11-31(15-19)26(34)35/h1-8,10,12-13,19,29-30H,9,11,14-15H2,(H,28,33)(H,34,35). The first-order valence-electron chi connectivity index (χ1n) is 12.0. The number of carboxylic acid groups (broad SMARTS) is 1. The summed E-state index contributed by atoms with van der Waals surface area (Å²) in [5, 5.41) is 15.2. The van der Waals surface area contributed by atoms with E-state index in [1.807, 2.05) is 40.9 Å². The highest BCUT2D eigenvalue weighted by Crippen LogP contribution is 2.30. The van der Waals surface area contributed by atoms with Crippen LogP contribution in [0, 0.1) is 0 Å². The van der Waals surface area contributed by atoms with Gasteiger partial charge >= 0.3 is 6.09 Å². The van der Waals surface area contributed by atoms with E-state index in [0.29, 0.717) is 36.4 Å². The van der Waals surface area contributed by atoms with E-state index in [4.69, 9.17) is 5.11 Å². The summed E-state index contributed by atoms with van der Waals surface area (Å²) in [7, 11) is -3.79. The number of imidazole rings is 1. The van der Waals surface area contributed by atoms with Crippen molar-refractivity contribution >= 4 is 39.0 Å². The normalized spacial score (nSPS) is 17.0. The van der Waals surface area contributed by atoms with Gasteiger partial charge in [-0.2, -0.15) is 0 Å². The summed E-state index contributed by atoms with van der Waals surface area (Å²) in [6, 6.07) is 15.5. The third-order valence-electron chi connectivity index (χ3n) is 6.86. The van der Waals surface area contributed by atoms with Gasteiger partial charge in [-0.05, 0) is 66.1 Å². The highest BCUT2D eigenvalue weighted by molar-refractivity contribution is 7.89. The Balaban J connectivity index is 1.20. The number of nitrogens with zero attached hydrogens (tertiary/aromatic N) is 3. The minimum Gasteiger partial charge on any atom is -0.465 e. The molecule has 4 heterocycles. The quantitative estimate of drug-likeness (QED) is 0.299. The number of hydrogen-bond donors (Lipinski definition) is 4. The van der Waals surface area contributed by atoms with Gasteiger partial charge in [-0.3, -0.25) is 9.20 Å². The Morgan fingerprint density at radius 1 is 1.11 bits per heavy atom. The maximum atomic E-state index is 12.8. The van der Waals surface area contributed by atoms with Crippen molar-refractivity contribution in [3.8, 4) is 11.3 Å². The first-order chi connectivity index (χ1) is 18.3. The minimum absolute atomic E-state index is 0.0585. The number of hydrogen-bond acceptors (Lipinski definition) is 6. The first-order valence-corrected chi connectivity index (χ1v) is 13.5. The second kappa shape index (κ2) is 9.15. The van der Waals surface area contributed by atoms with Gasteiger partial charge in [0.15, 0.2) is 5.65 Å². The number of carbonyl (C=O) groups is 2. The summed E-state index contributed by atoms with van der Waals surface area (Å²) in [5.74, 6) is -0.0585. The molecule has 1 atom stereocenters. The van der Waals surface area contributed by atoms with Gasteiger partial charge in [0, 0.05) is 49.3 Å². The van der Waals surface area contributed by atoms with Gasteiger partial charge in [0.25, 0.3) is 5.91 Å². The van der Waals surface area contributed by atoms with Crippen LogP contribution in [0.2, 0.25) is 0 Å². The van der Waals surface area contributed by atoms with Crippen LogP contribution in [-0.4, -0.2) is 58.9 Å². The van der Waals surface area contributed by atoms with E-state index in [1.54, 1.807) is 18.3 Å². The van der Waals surface area contributed by atoms with Crippen molar-refractivity contribution in [3.63, 3.8) is 0 Å². The number of amides is 2. The Bertz CT molecular complexity index is 1680. The molecule has 0 spiro atoms. The molecule has 0 radical (unpaired) electrons. The molecule has 11 nitrogen and oxygen atoms in total. The fourth-order valence-electron chi connectivity index (χ4n) is 4.93. The monoisotopic (exact) mass is 532 g/mol. The molecule has 2 aromatic carbocycles. The van der Waals surface area contributed by atoms with E-state index >= 15 is 0 Å². The Morgan fingerprint density at radius 2 is 1.92 bits per heavy atom. The zero-order valence-electron chi connectivity index (χ0n) is 20.1. The third-order valence-corrected chi connectivity index (χ3v) is 8.39. The summed E-state index contributed by atoms with van der Waals surface area (Å²) in [6.07, 6.45) is 2.95. The predicted molar refractivity (Wildman–Crippen MR) is 140 cm³/mol. The third kappa shape index (κ3) is 4.33. The molecule has 38 heavy (non-hydrogen) atoms. The van der Waals surface area contributed by atoms with Crippen LogP contribution in [0.25, 0.3) is 16.9 Å². The summed E-state index contributed by atoms with van der Waals surface area (Å²) in [4.78, 5) is 28.8. The summed E-state index contributed by atoms with van der Waals surface area (Å²) in [6.45, 7) is 0.943. The lowest BCUT2D eigenvalue weighted by Crippen LogP contribution is -2.38. The molecule has 4 aromatic rings. The van der Waals surface area contributed by atoms with E-state index < -0.39 is 22.2 Å². The Hall–Kier alpha value is -4.42. The Morgan fingerprint density at radius 3 is 2.68 bits per heavy atom. The molecule has 2 aliphatic rings. The summed E-state index contributed by atoms with van der Waals surface area (Å²) in [5.41, 5.74) is 5.66. The average Bonchev–Trinajstić information content (AvgIpc) is 3.65. The van der Waals surface area contributed by atoms with E-state index in [2.05, 4.69) is 20.3 Å². The fourth-order valence-corrected chi connectivity index (χ4v) is 6.19. The van der Waals surface area contributed by atoms with Gasteiger partial charge in [0.1, 0.15) is 0 Å². The van der Waals surface area contributed by atoms with Crippen LogP contribution < -0.4 is 15.4 Å². The average molecular weight is 533 g/mol. The number of sulfonamides is 1. The molecule has 4 N–H and O–H groups in total. The zero-order chi connectivity index (χ0) is 26.4. The van der Waals surface area contributed by atoms with Crippen LogP contribution in [0.1, 0.15) is 22.3 Å². The molecule has 0 saturated carbocycles. The Kier molecular flexibility index (Phi) is 5.77. The zero-order valence-corrected chi connectivity index (χ0v) is 20.9. The smallest absolute Gasteiger partial charge is 0.407 e. The molecule has 1 saturated heterocycles. The minimum atomic E-state index is -3.79. The largest absolute Gasteiger partial charge is 0.465 e. The van der Waals surface area contributed by atoms with Crippen molar-refractivity contribution in [2.45, 2.75) is 23.9 Å². The maximum absolute atomic E-state index is 12.8. The van der Waals surface area contributed by atoms with Gasteiger partial charge in [-0.15, -0.1) is 0 Å². The summed E-state index contributed by atoms with van der Waals surface area (Å²) >= 11 is 0. The van der Waals surface area contributed by atoms with Crippen molar-refractivity contribution in [3.05, 3.63) is 78.1 Å². The van der Waals surface area contributed by atoms with Gasteiger partial charge in [0.2, 0.25) is 10.0 Å². The number of pyridine rings is 1. The number of benzene rings is 2. The number of nitrogens with one attached hydrogen (secondary N) is 3. The van der Waals surface area contributed by atoms with Crippen molar-refractivity contribution < 1.29 is 23.1 Å². The SMILES string of the molecule is O=C1NCc2cc(-c3ccc(Nc4ccc(S(=O)(=O)NC5CCN(C(=O)O)C5)cc4)c4nccn34)ccc21. The molecule has 2 aliphatic heterocycles. The molecule has 2 amide bonds. The second-order valence-electron chi connectivity index (χ2n) is 9.29. The molecule has 12 heteroatoms. The van der Waals surface area contributed by atoms with Crippen molar-refractivity contribution in [2.24, 2.45) is 0 Å². The highest BCUT2D eigenvalue weighted by atomic mass is 32.2. The highest BCUT2D eigenvalue weighted by Gasteiger charge is 2.29. The lowest BCUT2D eigenvalue weighted by molar-refractivity contribution is 0.0965. The molecule has 2 aromatic heterocycles. The van der Waals surface area contributed by atoms with Crippen LogP contribution in [0.5, 0.6) is 0 Å². The van der Waals surface area contributed by atoms with Crippen LogP contribution >= 0.6 is 0 Å². The van der Waals surface area contributed by atoms with Gasteiger partial charge < -0.3 is 20.6 Å². The van der Waals surface area contributed by atoms with E-state index in [1.165, 1.54) is 17.0 Å². The second-order valence-corrected chi connectivity index (χ2v) is 11.0. The van der Waals surface area contributed by atoms with E-state index in [0.717, 1.165) is 22.5 Å². The maximum Gasteiger partial charge on any atom is 0.407 e. The first kappa shape index (κ1) is 23.9. The molecule has 6 rings (SSSR count). The topological polar surface area (TPSA) is 145 Å². The van der Waals surface area contributed by atoms with Crippen LogP contribution in [0.3, 0.4) is 0 Å². The number of aromatic nitrogens is 2. The van der Waals surface area contributed by atoms with E-state index in [9.17, 15) is 18.0 Å². The number of anilines is 2. The van der Waals surface area contributed by atoms with Gasteiger partial charge in [-0.25, -0.2) is 22.9 Å². The van der Waals surface area contributed by atoms with Crippen LogP contribution in [0.15, 0.2) is 71.9 Å². The Labute approximate surface area is 218 Å². The molecular weight excluding hydrogens is 508 g/mol. The fraction of sp³-hybridized carbons (Fsp3) is 0.192. The summed E-state index contributed by atoms with van der Waals surface area (Å²) < 4.78 is 30.2. The molecule has 1 fully saturated rings. The van der Waals surface area contributed by atoms with Crippen LogP contribution in [-0.2, 0) is 16.6 Å². The predicted octanol–water partition coefficient (Wildman–Crippen LogP) is 3.02. The van der Waals surface area contributed by atoms with Gasteiger partial charge in [0.05, 0.1) is 16.3 Å².